The van der Waals surface area contributed by atoms with Crippen molar-refractivity contribution in [1.82, 2.24) is 4.90 Å². The first kappa shape index (κ1) is 16.7. The van der Waals surface area contributed by atoms with Gasteiger partial charge in [0.2, 0.25) is 5.91 Å². The van der Waals surface area contributed by atoms with Crippen LogP contribution in [0.15, 0.2) is 18.2 Å². The number of esters is 1. The number of rotatable bonds is 6. The second kappa shape index (κ2) is 8.07. The number of nitrogens with zero attached hydrogens (tertiary/aromatic N) is 1. The summed E-state index contributed by atoms with van der Waals surface area (Å²) in [5.41, 5.74) is 0. The third-order valence-electron chi connectivity index (χ3n) is 2.50. The van der Waals surface area contributed by atoms with E-state index in [9.17, 15) is 9.59 Å². The number of ether oxygens (including phenoxy) is 1. The number of thiophene rings is 1. The zero-order chi connectivity index (χ0) is 15.1. The molecule has 0 unspecified atom stereocenters. The highest BCUT2D eigenvalue weighted by Gasteiger charge is 2.18. The van der Waals surface area contributed by atoms with Crippen LogP contribution < -0.4 is 0 Å². The normalized spacial score (nSPS) is 11.1. The van der Waals surface area contributed by atoms with Crippen LogP contribution in [0, 0.1) is 0 Å². The molecule has 0 aromatic carbocycles. The maximum Gasteiger partial charge on any atom is 0.325 e. The monoisotopic (exact) mass is 315 g/mol. The Morgan fingerprint density at radius 2 is 2.15 bits per heavy atom. The van der Waals surface area contributed by atoms with Crippen LogP contribution in [0.25, 0.3) is 6.08 Å². The minimum atomic E-state index is -0.401. The molecule has 0 fully saturated rings. The van der Waals surface area contributed by atoms with Crippen molar-refractivity contribution in [3.63, 3.8) is 0 Å². The molecule has 0 aliphatic heterocycles. The number of halogens is 1. The second-order valence-electron chi connectivity index (χ2n) is 4.34. The summed E-state index contributed by atoms with van der Waals surface area (Å²) in [5.74, 6) is -0.625. The molecule has 0 bridgehead atoms. The van der Waals surface area contributed by atoms with Gasteiger partial charge in [-0.15, -0.1) is 11.3 Å². The molecule has 0 spiro atoms. The second-order valence-corrected chi connectivity index (χ2v) is 6.09. The van der Waals surface area contributed by atoms with E-state index >= 15 is 0 Å². The van der Waals surface area contributed by atoms with Gasteiger partial charge in [0.05, 0.1) is 10.9 Å². The smallest absolute Gasteiger partial charge is 0.325 e. The van der Waals surface area contributed by atoms with Crippen molar-refractivity contribution in [2.45, 2.75) is 26.8 Å². The molecule has 1 aromatic rings. The Morgan fingerprint density at radius 3 is 2.65 bits per heavy atom. The maximum absolute atomic E-state index is 12.1. The highest BCUT2D eigenvalue weighted by atomic mass is 35.5. The van der Waals surface area contributed by atoms with Crippen LogP contribution in [0.2, 0.25) is 4.34 Å². The van der Waals surface area contributed by atoms with Crippen molar-refractivity contribution in [3.05, 3.63) is 27.4 Å². The van der Waals surface area contributed by atoms with Crippen molar-refractivity contribution in [2.75, 3.05) is 13.2 Å². The summed E-state index contributed by atoms with van der Waals surface area (Å²) < 4.78 is 5.54. The first-order valence-electron chi connectivity index (χ1n) is 6.33. The number of carbonyl (C=O) groups is 2. The molecule has 1 rings (SSSR count). The lowest BCUT2D eigenvalue weighted by Crippen LogP contribution is -2.40. The van der Waals surface area contributed by atoms with E-state index in [1.807, 2.05) is 19.9 Å². The van der Waals surface area contributed by atoms with E-state index in [-0.39, 0.29) is 18.5 Å². The minimum Gasteiger partial charge on any atom is -0.465 e. The predicted octanol–water partition coefficient (Wildman–Crippen LogP) is 3.21. The maximum atomic E-state index is 12.1. The summed E-state index contributed by atoms with van der Waals surface area (Å²) in [6, 6.07) is 3.53. The van der Waals surface area contributed by atoms with Gasteiger partial charge in [-0.1, -0.05) is 11.6 Å². The van der Waals surface area contributed by atoms with E-state index < -0.39 is 5.97 Å². The molecule has 0 N–H and O–H groups in total. The molecule has 0 saturated heterocycles. The van der Waals surface area contributed by atoms with Crippen LogP contribution in [-0.2, 0) is 14.3 Å². The molecule has 4 nitrogen and oxygen atoms in total. The van der Waals surface area contributed by atoms with Gasteiger partial charge in [-0.25, -0.2) is 0 Å². The van der Waals surface area contributed by atoms with Gasteiger partial charge in [-0.2, -0.15) is 0 Å². The highest BCUT2D eigenvalue weighted by molar-refractivity contribution is 7.17. The van der Waals surface area contributed by atoms with Gasteiger partial charge in [-0.05, 0) is 39.0 Å². The van der Waals surface area contributed by atoms with Crippen LogP contribution in [0.1, 0.15) is 25.6 Å². The number of carbonyl (C=O) groups excluding carboxylic acids is 2. The van der Waals surface area contributed by atoms with Gasteiger partial charge in [0.15, 0.2) is 0 Å². The molecule has 1 heterocycles. The molecule has 0 aliphatic carbocycles. The lowest BCUT2D eigenvalue weighted by atomic mass is 10.3. The lowest BCUT2D eigenvalue weighted by Gasteiger charge is -2.24. The van der Waals surface area contributed by atoms with E-state index in [1.54, 1.807) is 19.1 Å². The molecular weight excluding hydrogens is 298 g/mol. The Morgan fingerprint density at radius 1 is 1.45 bits per heavy atom. The Labute approximate surface area is 128 Å². The van der Waals surface area contributed by atoms with Crippen molar-refractivity contribution in [3.8, 4) is 0 Å². The molecule has 0 saturated carbocycles. The third kappa shape index (κ3) is 5.35. The summed E-state index contributed by atoms with van der Waals surface area (Å²) in [6.07, 6.45) is 3.14. The fourth-order valence-corrected chi connectivity index (χ4v) is 2.49. The van der Waals surface area contributed by atoms with E-state index in [1.165, 1.54) is 22.3 Å². The molecule has 110 valence electrons. The predicted molar refractivity (Wildman–Crippen MR) is 81.8 cm³/mol. The summed E-state index contributed by atoms with van der Waals surface area (Å²) >= 11 is 7.21. The molecule has 0 radical (unpaired) electrons. The number of hydrogen-bond acceptors (Lipinski definition) is 4. The minimum absolute atomic E-state index is 0.0418. The quantitative estimate of drug-likeness (QED) is 0.598. The fraction of sp³-hybridized carbons (Fsp3) is 0.429. The Bertz CT molecular complexity index is 496. The highest BCUT2D eigenvalue weighted by Crippen LogP contribution is 2.22. The van der Waals surface area contributed by atoms with E-state index in [0.717, 1.165) is 4.88 Å². The zero-order valence-corrected chi connectivity index (χ0v) is 13.3. The summed E-state index contributed by atoms with van der Waals surface area (Å²) in [7, 11) is 0. The largest absolute Gasteiger partial charge is 0.465 e. The zero-order valence-electron chi connectivity index (χ0n) is 11.8. The van der Waals surface area contributed by atoms with E-state index in [2.05, 4.69) is 0 Å². The molecule has 0 aliphatic rings. The molecular formula is C14H18ClNO3S. The van der Waals surface area contributed by atoms with Crippen molar-refractivity contribution in [2.24, 2.45) is 0 Å². The average molecular weight is 316 g/mol. The van der Waals surface area contributed by atoms with Crippen molar-refractivity contribution >= 4 is 40.9 Å². The number of amides is 1. The van der Waals surface area contributed by atoms with Crippen LogP contribution in [0.5, 0.6) is 0 Å². The first-order valence-corrected chi connectivity index (χ1v) is 7.53. The molecule has 0 atom stereocenters. The van der Waals surface area contributed by atoms with Crippen LogP contribution in [0.4, 0.5) is 0 Å². The van der Waals surface area contributed by atoms with Gasteiger partial charge >= 0.3 is 5.97 Å². The van der Waals surface area contributed by atoms with Crippen LogP contribution >= 0.6 is 22.9 Å². The summed E-state index contributed by atoms with van der Waals surface area (Å²) in [4.78, 5) is 25.9. The summed E-state index contributed by atoms with van der Waals surface area (Å²) in [6.45, 7) is 5.71. The van der Waals surface area contributed by atoms with E-state index in [0.29, 0.717) is 10.9 Å². The molecule has 20 heavy (non-hydrogen) atoms. The lowest BCUT2D eigenvalue weighted by molar-refractivity contribution is -0.148. The molecule has 1 amide bonds. The Kier molecular flexibility index (Phi) is 6.75. The van der Waals surface area contributed by atoms with Gasteiger partial charge < -0.3 is 9.64 Å². The topological polar surface area (TPSA) is 46.6 Å². The SMILES string of the molecule is CCOC(=O)CN(C(=O)/C=C/c1ccc(Cl)s1)C(C)C. The van der Waals surface area contributed by atoms with Crippen LogP contribution in [-0.4, -0.2) is 36.0 Å². The summed E-state index contributed by atoms with van der Waals surface area (Å²) in [5, 5.41) is 0. The Balaban J connectivity index is 2.69. The van der Waals surface area contributed by atoms with Gasteiger partial charge in [0.1, 0.15) is 6.54 Å². The average Bonchev–Trinajstić information content (AvgIpc) is 2.79. The van der Waals surface area contributed by atoms with Crippen molar-refractivity contribution < 1.29 is 14.3 Å². The van der Waals surface area contributed by atoms with Crippen molar-refractivity contribution in [1.29, 1.82) is 0 Å². The van der Waals surface area contributed by atoms with Crippen LogP contribution in [0.3, 0.4) is 0 Å². The Hall–Kier alpha value is -1.33. The van der Waals surface area contributed by atoms with Gasteiger partial charge in [0, 0.05) is 17.0 Å². The fourth-order valence-electron chi connectivity index (χ4n) is 1.53. The molecule has 1 aromatic heterocycles. The molecule has 6 heteroatoms. The van der Waals surface area contributed by atoms with Gasteiger partial charge in [0.25, 0.3) is 0 Å². The third-order valence-corrected chi connectivity index (χ3v) is 3.69. The van der Waals surface area contributed by atoms with Gasteiger partial charge in [-0.3, -0.25) is 9.59 Å². The van der Waals surface area contributed by atoms with E-state index in [4.69, 9.17) is 16.3 Å². The first-order chi connectivity index (χ1) is 9.43. The number of hydrogen-bond donors (Lipinski definition) is 0. The standard InChI is InChI=1S/C14H18ClNO3S/c1-4-19-14(18)9-16(10(2)3)13(17)8-6-11-5-7-12(15)20-11/h5-8,10H,4,9H2,1-3H3/b8-6+.